The van der Waals surface area contributed by atoms with Crippen LogP contribution in [0.4, 0.5) is 0 Å². The van der Waals surface area contributed by atoms with Crippen molar-refractivity contribution >= 4 is 23.3 Å². The van der Waals surface area contributed by atoms with Gasteiger partial charge in [0.05, 0.1) is 28.5 Å². The van der Waals surface area contributed by atoms with Crippen LogP contribution in [0, 0.1) is 6.92 Å². The third-order valence-corrected chi connectivity index (χ3v) is 5.02. The molecule has 8 nitrogen and oxygen atoms in total. The number of phenols is 1. The highest BCUT2D eigenvalue weighted by atomic mass is 16.7. The molecule has 0 fully saturated rings. The molecule has 0 aromatic heterocycles. The summed E-state index contributed by atoms with van der Waals surface area (Å²) in [6, 6.07) is 0. The molecule has 0 saturated heterocycles. The van der Waals surface area contributed by atoms with Crippen molar-refractivity contribution in [1.82, 2.24) is 5.32 Å². The molecule has 3 rings (SSSR count). The van der Waals surface area contributed by atoms with Crippen LogP contribution in [-0.2, 0) is 9.53 Å². The van der Waals surface area contributed by atoms with Gasteiger partial charge in [-0.25, -0.2) is 0 Å². The van der Waals surface area contributed by atoms with Gasteiger partial charge in [0, 0.05) is 24.1 Å². The standard InChI is InChI=1S/C23H23NO7/c1-7-8-11(4)22(29)24-13-9-14(25)15-16(19(13)27)18(26)12(5)20-17(15)21(28)23(6,31-20)30-10(2)3/h7-10,26H,1H2,2-6H3,(H,24,29)/b11-8-/t23-/m0/s1. The van der Waals surface area contributed by atoms with Gasteiger partial charge in [-0.2, -0.15) is 0 Å². The van der Waals surface area contributed by atoms with E-state index in [0.717, 1.165) is 6.08 Å². The van der Waals surface area contributed by atoms with Crippen molar-refractivity contribution in [3.63, 3.8) is 0 Å². The highest BCUT2D eigenvalue weighted by Gasteiger charge is 2.51. The molecule has 0 spiro atoms. The van der Waals surface area contributed by atoms with Crippen LogP contribution in [0.2, 0.25) is 0 Å². The fraction of sp³-hybridized carbons (Fsp3) is 0.304. The fourth-order valence-corrected chi connectivity index (χ4v) is 3.62. The second kappa shape index (κ2) is 7.63. The number of ketones is 3. The molecule has 1 atom stereocenters. The van der Waals surface area contributed by atoms with Crippen LogP contribution >= 0.6 is 0 Å². The maximum absolute atomic E-state index is 13.2. The highest BCUT2D eigenvalue weighted by Crippen LogP contribution is 2.47. The Morgan fingerprint density at radius 1 is 1.26 bits per heavy atom. The van der Waals surface area contributed by atoms with E-state index < -0.39 is 34.8 Å². The van der Waals surface area contributed by atoms with E-state index in [2.05, 4.69) is 11.9 Å². The van der Waals surface area contributed by atoms with Gasteiger partial charge in [0.2, 0.25) is 11.6 Å². The topological polar surface area (TPSA) is 119 Å². The molecule has 1 amide bonds. The van der Waals surface area contributed by atoms with E-state index in [4.69, 9.17) is 9.47 Å². The molecule has 0 radical (unpaired) electrons. The summed E-state index contributed by atoms with van der Waals surface area (Å²) < 4.78 is 11.4. The van der Waals surface area contributed by atoms with Gasteiger partial charge >= 0.3 is 0 Å². The molecule has 2 aliphatic rings. The molecule has 1 heterocycles. The first-order chi connectivity index (χ1) is 14.4. The average Bonchev–Trinajstić information content (AvgIpc) is 2.93. The third-order valence-electron chi connectivity index (χ3n) is 5.02. The second-order valence-electron chi connectivity index (χ2n) is 7.76. The molecule has 1 aromatic rings. The first-order valence-corrected chi connectivity index (χ1v) is 9.65. The smallest absolute Gasteiger partial charge is 0.272 e. The summed E-state index contributed by atoms with van der Waals surface area (Å²) in [7, 11) is 0. The lowest BCUT2D eigenvalue weighted by Crippen LogP contribution is -2.42. The number of carbonyl (C=O) groups is 4. The largest absolute Gasteiger partial charge is 0.507 e. The van der Waals surface area contributed by atoms with Crippen LogP contribution in [0.25, 0.3) is 0 Å². The van der Waals surface area contributed by atoms with Crippen LogP contribution in [0.3, 0.4) is 0 Å². The van der Waals surface area contributed by atoms with Gasteiger partial charge in [-0.3, -0.25) is 19.2 Å². The Labute approximate surface area is 179 Å². The monoisotopic (exact) mass is 425 g/mol. The van der Waals surface area contributed by atoms with Crippen LogP contribution in [0.5, 0.6) is 11.5 Å². The zero-order valence-corrected chi connectivity index (χ0v) is 17.9. The van der Waals surface area contributed by atoms with E-state index in [1.807, 2.05) is 0 Å². The summed E-state index contributed by atoms with van der Waals surface area (Å²) in [5.41, 5.74) is -0.649. The molecule has 0 bridgehead atoms. The van der Waals surface area contributed by atoms with E-state index in [1.165, 1.54) is 32.9 Å². The number of rotatable bonds is 5. The third kappa shape index (κ3) is 3.48. The molecule has 1 aromatic carbocycles. The molecule has 1 aliphatic heterocycles. The Morgan fingerprint density at radius 2 is 1.90 bits per heavy atom. The molecule has 2 N–H and O–H groups in total. The van der Waals surface area contributed by atoms with Crippen molar-refractivity contribution in [3.05, 3.63) is 58.3 Å². The zero-order valence-electron chi connectivity index (χ0n) is 17.9. The number of hydrogen-bond donors (Lipinski definition) is 2. The Morgan fingerprint density at radius 3 is 2.48 bits per heavy atom. The van der Waals surface area contributed by atoms with Crippen molar-refractivity contribution in [2.45, 2.75) is 46.5 Å². The van der Waals surface area contributed by atoms with E-state index >= 15 is 0 Å². The van der Waals surface area contributed by atoms with E-state index in [9.17, 15) is 24.3 Å². The summed E-state index contributed by atoms with van der Waals surface area (Å²) in [6.45, 7) is 11.3. The van der Waals surface area contributed by atoms with Crippen molar-refractivity contribution in [2.75, 3.05) is 0 Å². The van der Waals surface area contributed by atoms with Crippen molar-refractivity contribution in [3.8, 4) is 11.5 Å². The van der Waals surface area contributed by atoms with Gasteiger partial charge < -0.3 is 19.9 Å². The number of nitrogens with one attached hydrogen (secondary N) is 1. The molecule has 31 heavy (non-hydrogen) atoms. The van der Waals surface area contributed by atoms with E-state index in [0.29, 0.717) is 0 Å². The van der Waals surface area contributed by atoms with Gasteiger partial charge in [0.25, 0.3) is 11.7 Å². The summed E-state index contributed by atoms with van der Waals surface area (Å²) in [6.07, 6.45) is 3.43. The Hall–Kier alpha value is -3.52. The van der Waals surface area contributed by atoms with Crippen LogP contribution in [-0.4, -0.2) is 40.3 Å². The Bertz CT molecular complexity index is 1120. The molecule has 0 saturated carbocycles. The molecule has 0 unspecified atom stereocenters. The number of aromatic hydroxyl groups is 1. The summed E-state index contributed by atoms with van der Waals surface area (Å²) in [5.74, 6) is -4.93. The maximum atomic E-state index is 13.2. The minimum Gasteiger partial charge on any atom is -0.507 e. The van der Waals surface area contributed by atoms with Crippen molar-refractivity contribution in [1.29, 1.82) is 0 Å². The quantitative estimate of drug-likeness (QED) is 0.550. The van der Waals surface area contributed by atoms with E-state index in [1.54, 1.807) is 13.8 Å². The number of benzene rings is 1. The lowest BCUT2D eigenvalue weighted by atomic mass is 9.84. The Balaban J connectivity index is 2.13. The van der Waals surface area contributed by atoms with Gasteiger partial charge in [-0.15, -0.1) is 0 Å². The predicted molar refractivity (Wildman–Crippen MR) is 111 cm³/mol. The lowest BCUT2D eigenvalue weighted by molar-refractivity contribution is -0.150. The summed E-state index contributed by atoms with van der Waals surface area (Å²) >= 11 is 0. The molecular weight excluding hydrogens is 402 g/mol. The van der Waals surface area contributed by atoms with Crippen molar-refractivity contribution in [2.24, 2.45) is 0 Å². The zero-order chi connectivity index (χ0) is 23.2. The number of phenolic OH excluding ortho intramolecular Hbond substituents is 1. The number of amides is 1. The number of Topliss-reactive ketones (excluding diaryl/α,β-unsaturated/α-hetero) is 2. The maximum Gasteiger partial charge on any atom is 0.272 e. The molecule has 8 heteroatoms. The SMILES string of the molecule is C=C/C=C(/C)C(=O)NC1=CC(=O)c2c(c(O)c(C)c3c2C(=O)[C@@](C)(OC(C)C)O3)C1=O. The predicted octanol–water partition coefficient (Wildman–Crippen LogP) is 2.93. The summed E-state index contributed by atoms with van der Waals surface area (Å²) in [5, 5.41) is 13.1. The number of carbonyl (C=O) groups excluding carboxylic acids is 4. The van der Waals surface area contributed by atoms with Gasteiger partial charge in [-0.05, 0) is 27.7 Å². The minimum atomic E-state index is -1.70. The van der Waals surface area contributed by atoms with Crippen LogP contribution in [0.15, 0.2) is 36.1 Å². The minimum absolute atomic E-state index is 0.00352. The number of ether oxygens (including phenoxy) is 2. The lowest BCUT2D eigenvalue weighted by Gasteiger charge is -2.25. The first kappa shape index (κ1) is 22.2. The normalized spacial score (nSPS) is 20.3. The van der Waals surface area contributed by atoms with Gasteiger partial charge in [0.1, 0.15) is 11.5 Å². The average molecular weight is 425 g/mol. The fourth-order valence-electron chi connectivity index (χ4n) is 3.62. The van der Waals surface area contributed by atoms with Crippen LogP contribution < -0.4 is 10.1 Å². The van der Waals surface area contributed by atoms with Gasteiger partial charge in [0.15, 0.2) is 5.78 Å². The first-order valence-electron chi connectivity index (χ1n) is 9.65. The number of allylic oxidation sites excluding steroid dienone is 4. The Kier molecular flexibility index (Phi) is 5.45. The molecule has 162 valence electrons. The van der Waals surface area contributed by atoms with Gasteiger partial charge in [-0.1, -0.05) is 18.7 Å². The number of fused-ring (bicyclic) bond motifs is 3. The number of hydrogen-bond acceptors (Lipinski definition) is 7. The molecule has 1 aliphatic carbocycles. The molecular formula is C23H23NO7. The summed E-state index contributed by atoms with van der Waals surface area (Å²) in [4.78, 5) is 51.4. The highest BCUT2D eigenvalue weighted by molar-refractivity contribution is 6.30. The van der Waals surface area contributed by atoms with Crippen LogP contribution in [0.1, 0.15) is 64.3 Å². The second-order valence-corrected chi connectivity index (χ2v) is 7.76. The van der Waals surface area contributed by atoms with Crippen molar-refractivity contribution < 1.29 is 33.8 Å². The van der Waals surface area contributed by atoms with E-state index in [-0.39, 0.29) is 45.4 Å².